The van der Waals surface area contributed by atoms with Gasteiger partial charge in [0.25, 0.3) is 0 Å². The van der Waals surface area contributed by atoms with E-state index in [9.17, 15) is 4.79 Å². The van der Waals surface area contributed by atoms with Crippen LogP contribution in [-0.4, -0.2) is 21.9 Å². The van der Waals surface area contributed by atoms with Crippen LogP contribution in [0.3, 0.4) is 0 Å². The number of rotatable bonds is 5. The first-order valence-corrected chi connectivity index (χ1v) is 8.36. The summed E-state index contributed by atoms with van der Waals surface area (Å²) in [5, 5.41) is 9.06. The normalized spacial score (nSPS) is 12.3. The van der Waals surface area contributed by atoms with Crippen LogP contribution in [0.5, 0.6) is 0 Å². The molecule has 25 heavy (non-hydrogen) atoms. The number of carboxylic acid groups (broad SMARTS) is 1. The summed E-state index contributed by atoms with van der Waals surface area (Å²) in [6.45, 7) is 0. The molecule has 2 aromatic carbocycles. The maximum absolute atomic E-state index is 11.0. The molecule has 4 heteroatoms. The zero-order valence-electron chi connectivity index (χ0n) is 13.7. The molecule has 4 rings (SSSR count). The zero-order chi connectivity index (χ0) is 17.2. The van der Waals surface area contributed by atoms with E-state index in [1.807, 2.05) is 36.5 Å². The standard InChI is InChI=1S/C21H18N2O2/c24-21(25)11-8-17-7-10-20(15-4-2-1-3-5-15)23(17)18-6-9-19-16(14-18)12-13-22-19/h1-7,9-10,13-14H,8,11-12H2,(H,24,25). The first-order chi connectivity index (χ1) is 12.2. The maximum Gasteiger partial charge on any atom is 0.303 e. The van der Waals surface area contributed by atoms with E-state index in [4.69, 9.17) is 5.11 Å². The molecule has 0 amide bonds. The van der Waals surface area contributed by atoms with Gasteiger partial charge in [0.15, 0.2) is 0 Å². The Bertz CT molecular complexity index is 955. The van der Waals surface area contributed by atoms with Crippen LogP contribution >= 0.6 is 0 Å². The van der Waals surface area contributed by atoms with Crippen molar-refractivity contribution in [2.24, 2.45) is 4.99 Å². The number of aliphatic carboxylic acids is 1. The summed E-state index contributed by atoms with van der Waals surface area (Å²) in [7, 11) is 0. The van der Waals surface area contributed by atoms with Crippen molar-refractivity contribution in [3.63, 3.8) is 0 Å². The molecule has 0 unspecified atom stereocenters. The Morgan fingerprint density at radius 1 is 1.08 bits per heavy atom. The van der Waals surface area contributed by atoms with E-state index in [0.717, 1.165) is 34.7 Å². The Morgan fingerprint density at radius 3 is 2.72 bits per heavy atom. The topological polar surface area (TPSA) is 54.6 Å². The molecule has 0 bridgehead atoms. The van der Waals surface area contributed by atoms with Crippen molar-refractivity contribution in [2.45, 2.75) is 19.3 Å². The minimum absolute atomic E-state index is 0.117. The number of benzene rings is 2. The van der Waals surface area contributed by atoms with Gasteiger partial charge in [-0.3, -0.25) is 9.79 Å². The highest BCUT2D eigenvalue weighted by molar-refractivity contribution is 5.77. The van der Waals surface area contributed by atoms with Crippen LogP contribution in [0.2, 0.25) is 0 Å². The number of carbonyl (C=O) groups is 1. The summed E-state index contributed by atoms with van der Waals surface area (Å²) in [5.74, 6) is -0.781. The van der Waals surface area contributed by atoms with Gasteiger partial charge >= 0.3 is 5.97 Å². The lowest BCUT2D eigenvalue weighted by Gasteiger charge is -2.15. The highest BCUT2D eigenvalue weighted by atomic mass is 16.4. The van der Waals surface area contributed by atoms with E-state index in [0.29, 0.717) is 6.42 Å². The van der Waals surface area contributed by atoms with Crippen LogP contribution in [0.4, 0.5) is 5.69 Å². The number of fused-ring (bicyclic) bond motifs is 1. The SMILES string of the molecule is O=C(O)CCc1ccc(-c2ccccc2)n1-c1ccc2c(c1)CC=N2. The molecule has 1 aliphatic rings. The first-order valence-electron chi connectivity index (χ1n) is 8.36. The molecule has 0 radical (unpaired) electrons. The van der Waals surface area contributed by atoms with E-state index < -0.39 is 5.97 Å². The summed E-state index contributed by atoms with van der Waals surface area (Å²) in [6.07, 6.45) is 3.38. The van der Waals surface area contributed by atoms with Crippen molar-refractivity contribution >= 4 is 17.9 Å². The Hall–Kier alpha value is -3.14. The van der Waals surface area contributed by atoms with Crippen molar-refractivity contribution in [3.05, 3.63) is 71.9 Å². The highest BCUT2D eigenvalue weighted by Gasteiger charge is 2.15. The summed E-state index contributed by atoms with van der Waals surface area (Å²) >= 11 is 0. The predicted octanol–water partition coefficient (Wildman–Crippen LogP) is 4.42. The number of nitrogens with zero attached hydrogens (tertiary/aromatic N) is 2. The monoisotopic (exact) mass is 330 g/mol. The molecule has 0 saturated carbocycles. The van der Waals surface area contributed by atoms with Crippen LogP contribution in [-0.2, 0) is 17.6 Å². The van der Waals surface area contributed by atoms with Gasteiger partial charge in [-0.2, -0.15) is 0 Å². The van der Waals surface area contributed by atoms with Gasteiger partial charge in [-0.1, -0.05) is 30.3 Å². The smallest absolute Gasteiger partial charge is 0.303 e. The van der Waals surface area contributed by atoms with Gasteiger partial charge in [0.05, 0.1) is 17.8 Å². The number of carboxylic acids is 1. The van der Waals surface area contributed by atoms with Gasteiger partial charge in [-0.15, -0.1) is 0 Å². The average molecular weight is 330 g/mol. The number of aromatic nitrogens is 1. The molecule has 0 spiro atoms. The third-order valence-corrected chi connectivity index (χ3v) is 4.49. The molecule has 0 aliphatic carbocycles. The summed E-state index contributed by atoms with van der Waals surface area (Å²) in [6, 6.07) is 20.5. The number of aliphatic imine (C=N–C) groups is 1. The first kappa shape index (κ1) is 15.4. The molecule has 1 N–H and O–H groups in total. The zero-order valence-corrected chi connectivity index (χ0v) is 13.7. The molecule has 4 nitrogen and oxygen atoms in total. The van der Waals surface area contributed by atoms with Crippen molar-refractivity contribution < 1.29 is 9.90 Å². The molecular formula is C21H18N2O2. The Labute approximate surface area is 146 Å². The van der Waals surface area contributed by atoms with Crippen molar-refractivity contribution in [1.29, 1.82) is 0 Å². The fourth-order valence-electron chi connectivity index (χ4n) is 3.29. The lowest BCUT2D eigenvalue weighted by atomic mass is 10.1. The summed E-state index contributed by atoms with van der Waals surface area (Å²) in [4.78, 5) is 15.4. The molecule has 1 aliphatic heterocycles. The lowest BCUT2D eigenvalue weighted by molar-refractivity contribution is -0.136. The number of aryl methyl sites for hydroxylation is 1. The average Bonchev–Trinajstić information content (AvgIpc) is 3.26. The van der Waals surface area contributed by atoms with Crippen LogP contribution in [0.15, 0.2) is 65.7 Å². The minimum atomic E-state index is -0.781. The molecule has 124 valence electrons. The van der Waals surface area contributed by atoms with E-state index in [1.54, 1.807) is 0 Å². The molecule has 0 atom stereocenters. The van der Waals surface area contributed by atoms with Crippen molar-refractivity contribution in [1.82, 2.24) is 4.57 Å². The quantitative estimate of drug-likeness (QED) is 0.753. The molecule has 2 heterocycles. The second kappa shape index (κ2) is 6.40. The van der Waals surface area contributed by atoms with E-state index in [-0.39, 0.29) is 6.42 Å². The van der Waals surface area contributed by atoms with Crippen LogP contribution in [0.25, 0.3) is 16.9 Å². The Kier molecular flexibility index (Phi) is 3.94. The Balaban J connectivity index is 1.83. The predicted molar refractivity (Wildman–Crippen MR) is 99.0 cm³/mol. The fraction of sp³-hybridized carbons (Fsp3) is 0.143. The second-order valence-electron chi connectivity index (χ2n) is 6.13. The van der Waals surface area contributed by atoms with Crippen molar-refractivity contribution in [2.75, 3.05) is 0 Å². The van der Waals surface area contributed by atoms with Gasteiger partial charge in [0.1, 0.15) is 0 Å². The van der Waals surface area contributed by atoms with E-state index in [2.05, 4.69) is 39.9 Å². The van der Waals surface area contributed by atoms with Gasteiger partial charge in [-0.25, -0.2) is 0 Å². The summed E-state index contributed by atoms with van der Waals surface area (Å²) < 4.78 is 2.16. The third kappa shape index (κ3) is 2.98. The second-order valence-corrected chi connectivity index (χ2v) is 6.13. The fourth-order valence-corrected chi connectivity index (χ4v) is 3.29. The molecule has 1 aromatic heterocycles. The van der Waals surface area contributed by atoms with Gasteiger partial charge < -0.3 is 9.67 Å². The van der Waals surface area contributed by atoms with Crippen LogP contribution in [0, 0.1) is 0 Å². The lowest BCUT2D eigenvalue weighted by Crippen LogP contribution is -2.05. The number of hydrogen-bond donors (Lipinski definition) is 1. The largest absolute Gasteiger partial charge is 0.481 e. The van der Waals surface area contributed by atoms with E-state index in [1.165, 1.54) is 5.56 Å². The Morgan fingerprint density at radius 2 is 1.92 bits per heavy atom. The van der Waals surface area contributed by atoms with Crippen molar-refractivity contribution in [3.8, 4) is 16.9 Å². The maximum atomic E-state index is 11.0. The number of hydrogen-bond acceptors (Lipinski definition) is 2. The molecular weight excluding hydrogens is 312 g/mol. The third-order valence-electron chi connectivity index (χ3n) is 4.49. The molecule has 0 saturated heterocycles. The van der Waals surface area contributed by atoms with Gasteiger partial charge in [0, 0.05) is 24.0 Å². The van der Waals surface area contributed by atoms with Crippen LogP contribution < -0.4 is 0 Å². The molecule has 0 fully saturated rings. The van der Waals surface area contributed by atoms with Crippen LogP contribution in [0.1, 0.15) is 17.7 Å². The van der Waals surface area contributed by atoms with Gasteiger partial charge in [0.2, 0.25) is 0 Å². The summed E-state index contributed by atoms with van der Waals surface area (Å²) in [5.41, 5.74) is 6.45. The van der Waals surface area contributed by atoms with Gasteiger partial charge in [-0.05, 0) is 47.9 Å². The highest BCUT2D eigenvalue weighted by Crippen LogP contribution is 2.31. The molecule has 3 aromatic rings. The minimum Gasteiger partial charge on any atom is -0.481 e. The van der Waals surface area contributed by atoms with E-state index >= 15 is 0 Å².